The van der Waals surface area contributed by atoms with Gasteiger partial charge >= 0.3 is 0 Å². The monoisotopic (exact) mass is 446 g/mol. The molecule has 1 atom stereocenters. The second-order valence-corrected chi connectivity index (χ2v) is 7.17. The molecule has 1 aromatic carbocycles. The van der Waals surface area contributed by atoms with Crippen LogP contribution in [-0.4, -0.2) is 49.7 Å². The predicted octanol–water partition coefficient (Wildman–Crippen LogP) is 1.34. The van der Waals surface area contributed by atoms with Gasteiger partial charge in [0.1, 0.15) is 0 Å². The number of hydrogen-bond donors (Lipinski definition) is 2. The van der Waals surface area contributed by atoms with E-state index in [1.807, 2.05) is 0 Å². The molecule has 11 nitrogen and oxygen atoms in total. The predicted molar refractivity (Wildman–Crippen MR) is 112 cm³/mol. The number of hydrazine groups is 1. The van der Waals surface area contributed by atoms with Crippen LogP contribution in [0.25, 0.3) is 0 Å². The van der Waals surface area contributed by atoms with Crippen molar-refractivity contribution in [3.63, 3.8) is 0 Å². The molecule has 0 spiro atoms. The van der Waals surface area contributed by atoms with E-state index in [2.05, 4.69) is 5.32 Å². The van der Waals surface area contributed by atoms with Gasteiger partial charge in [-0.25, -0.2) is 5.01 Å². The molecule has 0 fully saturated rings. The van der Waals surface area contributed by atoms with Crippen LogP contribution in [0.3, 0.4) is 0 Å². The third-order valence-electron chi connectivity index (χ3n) is 5.08. The minimum Gasteiger partial charge on any atom is -0.391 e. The Labute approximate surface area is 184 Å². The molecule has 1 unspecified atom stereocenters. The number of rotatable bonds is 11. The summed E-state index contributed by atoms with van der Waals surface area (Å²) in [7, 11) is 0. The molecule has 4 amide bonds. The number of nitro benzene ring substituents is 1. The second-order valence-electron chi connectivity index (χ2n) is 7.17. The van der Waals surface area contributed by atoms with Crippen LogP contribution in [0.2, 0.25) is 0 Å². The van der Waals surface area contributed by atoms with Crippen molar-refractivity contribution in [3.05, 3.63) is 51.6 Å². The summed E-state index contributed by atoms with van der Waals surface area (Å²) < 4.78 is 0. The number of carbonyl (C=O) groups excluding carboxylic acids is 4. The van der Waals surface area contributed by atoms with Crippen molar-refractivity contribution in [2.75, 3.05) is 0 Å². The van der Waals surface area contributed by atoms with Gasteiger partial charge in [-0.05, 0) is 24.5 Å². The van der Waals surface area contributed by atoms with Crippen LogP contribution < -0.4 is 5.32 Å². The van der Waals surface area contributed by atoms with Gasteiger partial charge in [0, 0.05) is 37.6 Å². The molecule has 2 N–H and O–H groups in total. The number of nitro groups is 1. The van der Waals surface area contributed by atoms with Crippen LogP contribution in [0.5, 0.6) is 0 Å². The van der Waals surface area contributed by atoms with Crippen LogP contribution in [0.15, 0.2) is 30.4 Å². The van der Waals surface area contributed by atoms with E-state index in [0.29, 0.717) is 12.0 Å². The van der Waals surface area contributed by atoms with Gasteiger partial charge in [-0.2, -0.15) is 5.01 Å². The number of aliphatic hydroxyl groups excluding tert-OH is 1. The topological polar surface area (TPSA) is 150 Å². The summed E-state index contributed by atoms with van der Waals surface area (Å²) in [6, 6.07) is 3.69. The van der Waals surface area contributed by atoms with E-state index in [1.54, 1.807) is 13.8 Å². The molecule has 11 heteroatoms. The first-order valence-corrected chi connectivity index (χ1v) is 10.2. The Morgan fingerprint density at radius 3 is 2.41 bits per heavy atom. The van der Waals surface area contributed by atoms with Crippen molar-refractivity contribution in [1.29, 1.82) is 0 Å². The SMILES string of the molecule is CCC(=O)N(C(CC)CCC(=O)NCc1ccc([N+](=O)[O-])c(CO)c1)N1C(=O)C=CC1=O. The maximum Gasteiger partial charge on any atom is 0.274 e. The summed E-state index contributed by atoms with van der Waals surface area (Å²) in [4.78, 5) is 59.3. The number of nitrogens with one attached hydrogen (secondary N) is 1. The van der Waals surface area contributed by atoms with Gasteiger partial charge in [0.05, 0.1) is 23.1 Å². The van der Waals surface area contributed by atoms with Crippen LogP contribution in [0.1, 0.15) is 50.7 Å². The fourth-order valence-electron chi connectivity index (χ4n) is 3.38. The average Bonchev–Trinajstić information content (AvgIpc) is 3.11. The van der Waals surface area contributed by atoms with Gasteiger partial charge in [0.25, 0.3) is 17.5 Å². The van der Waals surface area contributed by atoms with Crippen LogP contribution in [-0.2, 0) is 32.3 Å². The summed E-state index contributed by atoms with van der Waals surface area (Å²) in [5.74, 6) is -1.92. The highest BCUT2D eigenvalue weighted by molar-refractivity contribution is 6.13. The van der Waals surface area contributed by atoms with E-state index >= 15 is 0 Å². The number of hydrogen-bond acceptors (Lipinski definition) is 7. The molecule has 1 aliphatic rings. The van der Waals surface area contributed by atoms with E-state index < -0.39 is 35.3 Å². The van der Waals surface area contributed by atoms with E-state index in [1.165, 1.54) is 18.2 Å². The summed E-state index contributed by atoms with van der Waals surface area (Å²) in [5.41, 5.74) is 0.534. The molecule has 0 bridgehead atoms. The Morgan fingerprint density at radius 2 is 1.88 bits per heavy atom. The van der Waals surface area contributed by atoms with Gasteiger partial charge in [-0.1, -0.05) is 19.9 Å². The Bertz CT molecular complexity index is 926. The Kier molecular flexibility index (Phi) is 8.59. The standard InChI is InChI=1S/C21H26N4O7/c1-3-16(23(19(28)4-2)24-20(29)9-10-21(24)30)6-8-18(27)22-12-14-5-7-17(25(31)32)15(11-14)13-26/h5,7,9-11,16,26H,3-4,6,8,12-13H2,1-2H3,(H,22,27). The summed E-state index contributed by atoms with van der Waals surface area (Å²) in [5, 5.41) is 24.9. The molecule has 172 valence electrons. The lowest BCUT2D eigenvalue weighted by Crippen LogP contribution is -2.54. The van der Waals surface area contributed by atoms with Gasteiger partial charge in [-0.3, -0.25) is 29.3 Å². The molecule has 1 aromatic rings. The first kappa shape index (κ1) is 24.7. The zero-order chi connectivity index (χ0) is 23.8. The van der Waals surface area contributed by atoms with E-state index in [4.69, 9.17) is 0 Å². The van der Waals surface area contributed by atoms with Crippen molar-refractivity contribution < 1.29 is 29.2 Å². The molecule has 0 aliphatic carbocycles. The maximum absolute atomic E-state index is 12.5. The lowest BCUT2D eigenvalue weighted by molar-refractivity contribution is -0.385. The zero-order valence-corrected chi connectivity index (χ0v) is 17.9. The Hall–Kier alpha value is -3.60. The van der Waals surface area contributed by atoms with Crippen molar-refractivity contribution in [2.45, 2.75) is 58.7 Å². The molecule has 0 saturated carbocycles. The zero-order valence-electron chi connectivity index (χ0n) is 17.9. The fourth-order valence-corrected chi connectivity index (χ4v) is 3.38. The van der Waals surface area contributed by atoms with Crippen LogP contribution in [0, 0.1) is 10.1 Å². The highest BCUT2D eigenvalue weighted by Crippen LogP contribution is 2.21. The molecule has 32 heavy (non-hydrogen) atoms. The van der Waals surface area contributed by atoms with Gasteiger partial charge in [-0.15, -0.1) is 0 Å². The van der Waals surface area contributed by atoms with Gasteiger partial charge in [0.15, 0.2) is 0 Å². The summed E-state index contributed by atoms with van der Waals surface area (Å²) in [6.07, 6.45) is 2.99. The van der Waals surface area contributed by atoms with Crippen molar-refractivity contribution in [2.24, 2.45) is 0 Å². The fraction of sp³-hybridized carbons (Fsp3) is 0.429. The van der Waals surface area contributed by atoms with E-state index in [0.717, 1.165) is 22.2 Å². The van der Waals surface area contributed by atoms with E-state index in [-0.39, 0.29) is 43.0 Å². The smallest absolute Gasteiger partial charge is 0.274 e. The first-order chi connectivity index (χ1) is 15.2. The minimum absolute atomic E-state index is 0.0372. The lowest BCUT2D eigenvalue weighted by Gasteiger charge is -2.36. The highest BCUT2D eigenvalue weighted by Gasteiger charge is 2.36. The lowest BCUT2D eigenvalue weighted by atomic mass is 10.1. The van der Waals surface area contributed by atoms with E-state index in [9.17, 15) is 34.4 Å². The molecular weight excluding hydrogens is 420 g/mol. The second kappa shape index (κ2) is 11.1. The summed E-state index contributed by atoms with van der Waals surface area (Å²) in [6.45, 7) is 3.02. The van der Waals surface area contributed by atoms with Crippen molar-refractivity contribution >= 4 is 29.3 Å². The number of amides is 4. The quantitative estimate of drug-likeness (QED) is 0.296. The molecule has 1 heterocycles. The number of benzene rings is 1. The largest absolute Gasteiger partial charge is 0.391 e. The first-order valence-electron chi connectivity index (χ1n) is 10.2. The molecule has 1 aliphatic heterocycles. The molecule has 0 aromatic heterocycles. The number of aliphatic hydroxyl groups is 1. The Morgan fingerprint density at radius 1 is 1.22 bits per heavy atom. The highest BCUT2D eigenvalue weighted by atomic mass is 16.6. The molecule has 2 rings (SSSR count). The third kappa shape index (κ3) is 5.76. The molecular formula is C21H26N4O7. The van der Waals surface area contributed by atoms with Crippen molar-refractivity contribution in [3.8, 4) is 0 Å². The number of imide groups is 1. The van der Waals surface area contributed by atoms with Crippen LogP contribution >= 0.6 is 0 Å². The van der Waals surface area contributed by atoms with Gasteiger partial charge in [0.2, 0.25) is 11.8 Å². The average molecular weight is 446 g/mol. The minimum atomic E-state index is -0.599. The summed E-state index contributed by atoms with van der Waals surface area (Å²) >= 11 is 0. The molecule has 0 radical (unpaired) electrons. The number of nitrogens with zero attached hydrogens (tertiary/aromatic N) is 3. The normalized spacial score (nSPS) is 13.9. The molecule has 0 saturated heterocycles. The number of carbonyl (C=O) groups is 4. The van der Waals surface area contributed by atoms with Crippen LogP contribution in [0.4, 0.5) is 5.69 Å². The maximum atomic E-state index is 12.5. The van der Waals surface area contributed by atoms with Gasteiger partial charge < -0.3 is 10.4 Å². The Balaban J connectivity index is 2.00. The van der Waals surface area contributed by atoms with Crippen molar-refractivity contribution in [1.82, 2.24) is 15.3 Å². The third-order valence-corrected chi connectivity index (χ3v) is 5.08.